The van der Waals surface area contributed by atoms with Gasteiger partial charge in [-0.05, 0) is 48.9 Å². The Kier molecular flexibility index (Phi) is 4.95. The molecule has 6 nitrogen and oxygen atoms in total. The van der Waals surface area contributed by atoms with Crippen LogP contribution in [0, 0.1) is 6.92 Å². The number of rotatable bonds is 5. The minimum atomic E-state index is -0.271. The van der Waals surface area contributed by atoms with Gasteiger partial charge >= 0.3 is 0 Å². The van der Waals surface area contributed by atoms with Gasteiger partial charge in [-0.15, -0.1) is 5.10 Å². The van der Waals surface area contributed by atoms with Crippen molar-refractivity contribution in [2.24, 2.45) is 0 Å². The molecule has 2 aromatic heterocycles. The Labute approximate surface area is 166 Å². The lowest BCUT2D eigenvalue weighted by molar-refractivity contribution is 0.0947. The first-order chi connectivity index (χ1) is 13.6. The second-order valence-electron chi connectivity index (χ2n) is 6.30. The van der Waals surface area contributed by atoms with E-state index in [9.17, 15) is 4.79 Å². The largest absolute Gasteiger partial charge is 0.461 e. The lowest BCUT2D eigenvalue weighted by Gasteiger charge is -2.08. The highest BCUT2D eigenvalue weighted by molar-refractivity contribution is 6.30. The first-order valence-corrected chi connectivity index (χ1v) is 9.08. The summed E-state index contributed by atoms with van der Waals surface area (Å²) >= 11 is 5.93. The van der Waals surface area contributed by atoms with Crippen molar-refractivity contribution in [3.05, 3.63) is 88.6 Å². The number of furan rings is 1. The van der Waals surface area contributed by atoms with E-state index in [1.165, 1.54) is 4.68 Å². The maximum atomic E-state index is 13.0. The predicted molar refractivity (Wildman–Crippen MR) is 107 cm³/mol. The van der Waals surface area contributed by atoms with Crippen LogP contribution in [-0.4, -0.2) is 20.7 Å². The van der Waals surface area contributed by atoms with Crippen LogP contribution >= 0.6 is 11.6 Å². The summed E-state index contributed by atoms with van der Waals surface area (Å²) in [5, 5.41) is 8.21. The van der Waals surface area contributed by atoms with Crippen LogP contribution in [0.25, 0.3) is 11.6 Å². The van der Waals surface area contributed by atoms with Gasteiger partial charge in [-0.1, -0.05) is 41.4 Å². The van der Waals surface area contributed by atoms with Gasteiger partial charge in [0.2, 0.25) is 11.8 Å². The Hall–Kier alpha value is -3.38. The van der Waals surface area contributed by atoms with Gasteiger partial charge in [0.05, 0.1) is 6.26 Å². The molecule has 1 N–H and O–H groups in total. The summed E-state index contributed by atoms with van der Waals surface area (Å²) in [5.41, 5.74) is 2.53. The lowest BCUT2D eigenvalue weighted by Crippen LogP contribution is -2.17. The molecule has 7 heteroatoms. The van der Waals surface area contributed by atoms with Crippen molar-refractivity contribution < 1.29 is 9.21 Å². The average Bonchev–Trinajstić information content (AvgIpc) is 3.37. The molecule has 28 heavy (non-hydrogen) atoms. The third kappa shape index (κ3) is 3.82. The molecule has 0 aliphatic carbocycles. The van der Waals surface area contributed by atoms with Gasteiger partial charge in [0, 0.05) is 17.1 Å². The molecule has 0 saturated heterocycles. The molecular formula is C21H17ClN4O2. The molecule has 0 saturated carbocycles. The molecular weight excluding hydrogens is 376 g/mol. The van der Waals surface area contributed by atoms with Gasteiger partial charge in [-0.3, -0.25) is 4.79 Å². The number of aryl methyl sites for hydroxylation is 1. The van der Waals surface area contributed by atoms with Gasteiger partial charge in [-0.25, -0.2) is 0 Å². The fourth-order valence-corrected chi connectivity index (χ4v) is 2.89. The molecule has 0 bridgehead atoms. The second-order valence-corrected chi connectivity index (χ2v) is 6.74. The zero-order valence-electron chi connectivity index (χ0n) is 15.1. The number of nitrogens with one attached hydrogen (secondary N) is 1. The number of halogens is 1. The van der Waals surface area contributed by atoms with Crippen molar-refractivity contribution in [1.29, 1.82) is 0 Å². The second kappa shape index (κ2) is 7.70. The van der Waals surface area contributed by atoms with Crippen LogP contribution in [0.5, 0.6) is 0 Å². The highest BCUT2D eigenvalue weighted by atomic mass is 35.5. The van der Waals surface area contributed by atoms with Gasteiger partial charge < -0.3 is 9.73 Å². The van der Waals surface area contributed by atoms with E-state index in [0.717, 1.165) is 11.1 Å². The maximum absolute atomic E-state index is 13.0. The van der Waals surface area contributed by atoms with Gasteiger partial charge in [0.25, 0.3) is 5.91 Å². The van der Waals surface area contributed by atoms with Crippen molar-refractivity contribution >= 4 is 23.5 Å². The number of carbonyl (C=O) groups excluding carboxylic acids is 1. The number of nitrogens with zero attached hydrogens (tertiary/aromatic N) is 3. The molecule has 2 aromatic carbocycles. The molecule has 0 amide bonds. The van der Waals surface area contributed by atoms with E-state index in [4.69, 9.17) is 16.0 Å². The zero-order valence-corrected chi connectivity index (χ0v) is 15.8. The molecule has 0 fully saturated rings. The minimum absolute atomic E-state index is 0.271. The summed E-state index contributed by atoms with van der Waals surface area (Å²) in [5.74, 6) is 0.899. The third-order valence-corrected chi connectivity index (χ3v) is 4.42. The normalized spacial score (nSPS) is 10.8. The smallest absolute Gasteiger partial charge is 0.281 e. The molecule has 0 atom stereocenters. The zero-order chi connectivity index (χ0) is 19.5. The summed E-state index contributed by atoms with van der Waals surface area (Å²) in [6.45, 7) is 2.40. The van der Waals surface area contributed by atoms with E-state index < -0.39 is 0 Å². The van der Waals surface area contributed by atoms with Gasteiger partial charge in [-0.2, -0.15) is 9.67 Å². The van der Waals surface area contributed by atoms with E-state index in [-0.39, 0.29) is 5.91 Å². The minimum Gasteiger partial charge on any atom is -0.461 e. The highest BCUT2D eigenvalue weighted by Crippen LogP contribution is 2.20. The first kappa shape index (κ1) is 18.0. The Morgan fingerprint density at radius 2 is 1.96 bits per heavy atom. The van der Waals surface area contributed by atoms with Crippen molar-refractivity contribution in [3.63, 3.8) is 0 Å². The SMILES string of the molecule is Cc1cccc(C(=O)n2nc(-c3ccco3)nc2NCc2ccc(Cl)cc2)c1. The van der Waals surface area contributed by atoms with Crippen molar-refractivity contribution in [2.45, 2.75) is 13.5 Å². The Morgan fingerprint density at radius 1 is 1.14 bits per heavy atom. The Balaban J connectivity index is 1.67. The molecule has 0 aliphatic heterocycles. The number of hydrogen-bond acceptors (Lipinski definition) is 5. The van der Waals surface area contributed by atoms with Gasteiger partial charge in [0.1, 0.15) is 0 Å². The summed E-state index contributed by atoms with van der Waals surface area (Å²) in [4.78, 5) is 17.5. The Morgan fingerprint density at radius 3 is 2.68 bits per heavy atom. The average molecular weight is 393 g/mol. The number of carbonyl (C=O) groups is 1. The summed E-state index contributed by atoms with van der Waals surface area (Å²) in [6, 6.07) is 18.3. The molecule has 4 rings (SSSR count). The van der Waals surface area contributed by atoms with Crippen LogP contribution in [0.4, 0.5) is 5.95 Å². The van der Waals surface area contributed by atoms with Crippen molar-refractivity contribution in [1.82, 2.24) is 14.8 Å². The standard InChI is InChI=1S/C21H17ClN4O2/c1-14-4-2-5-16(12-14)20(27)26-21(23-13-15-7-9-17(22)10-8-15)24-19(25-26)18-6-3-11-28-18/h2-12H,13H2,1H3,(H,23,24,25). The van der Waals surface area contributed by atoms with Gasteiger partial charge in [0.15, 0.2) is 5.76 Å². The first-order valence-electron chi connectivity index (χ1n) is 8.71. The van der Waals surface area contributed by atoms with Crippen LogP contribution in [-0.2, 0) is 6.54 Å². The molecule has 140 valence electrons. The predicted octanol–water partition coefficient (Wildman–Crippen LogP) is 4.80. The van der Waals surface area contributed by atoms with E-state index >= 15 is 0 Å². The highest BCUT2D eigenvalue weighted by Gasteiger charge is 2.20. The number of anilines is 1. The summed E-state index contributed by atoms with van der Waals surface area (Å²) in [6.07, 6.45) is 1.54. The van der Waals surface area contributed by atoms with Crippen LogP contribution in [0.2, 0.25) is 5.02 Å². The molecule has 0 unspecified atom stereocenters. The van der Waals surface area contributed by atoms with E-state index in [1.807, 2.05) is 49.4 Å². The van der Waals surface area contributed by atoms with Crippen LogP contribution in [0.1, 0.15) is 21.5 Å². The van der Waals surface area contributed by atoms with E-state index in [1.54, 1.807) is 24.5 Å². The molecule has 0 aliphatic rings. The summed E-state index contributed by atoms with van der Waals surface area (Å²) < 4.78 is 6.64. The molecule has 2 heterocycles. The Bertz CT molecular complexity index is 1100. The van der Waals surface area contributed by atoms with E-state index in [0.29, 0.717) is 34.7 Å². The number of benzene rings is 2. The number of aromatic nitrogens is 3. The van der Waals surface area contributed by atoms with E-state index in [2.05, 4.69) is 15.4 Å². The molecule has 0 radical (unpaired) electrons. The maximum Gasteiger partial charge on any atom is 0.281 e. The van der Waals surface area contributed by atoms with Crippen LogP contribution < -0.4 is 5.32 Å². The number of hydrogen-bond donors (Lipinski definition) is 1. The van der Waals surface area contributed by atoms with Crippen molar-refractivity contribution in [2.75, 3.05) is 5.32 Å². The van der Waals surface area contributed by atoms with Crippen molar-refractivity contribution in [3.8, 4) is 11.6 Å². The summed E-state index contributed by atoms with van der Waals surface area (Å²) in [7, 11) is 0. The molecule has 0 spiro atoms. The van der Waals surface area contributed by atoms with Crippen LogP contribution in [0.3, 0.4) is 0 Å². The third-order valence-electron chi connectivity index (χ3n) is 4.17. The van der Waals surface area contributed by atoms with Crippen LogP contribution in [0.15, 0.2) is 71.3 Å². The topological polar surface area (TPSA) is 73.0 Å². The lowest BCUT2D eigenvalue weighted by atomic mass is 10.1. The molecule has 4 aromatic rings. The quantitative estimate of drug-likeness (QED) is 0.528. The fraction of sp³-hybridized carbons (Fsp3) is 0.0952. The monoisotopic (exact) mass is 392 g/mol. The fourth-order valence-electron chi connectivity index (χ4n) is 2.76.